The number of amides is 1. The van der Waals surface area contributed by atoms with Gasteiger partial charge in [-0.25, -0.2) is 4.39 Å². The Bertz CT molecular complexity index is 875. The minimum atomic E-state index is -0.349. The fourth-order valence-electron chi connectivity index (χ4n) is 2.30. The zero-order chi connectivity index (χ0) is 18.5. The number of tetrazole rings is 1. The average Bonchev–Trinajstić information content (AvgIpc) is 3.25. The van der Waals surface area contributed by atoms with E-state index >= 15 is 0 Å². The normalized spacial score (nSPS) is 12.1. The Balaban J connectivity index is 1.46. The van der Waals surface area contributed by atoms with Crippen molar-refractivity contribution in [3.05, 3.63) is 41.8 Å². The number of benzene rings is 1. The molecule has 0 bridgehead atoms. The van der Waals surface area contributed by atoms with Gasteiger partial charge in [-0.2, -0.15) is 9.78 Å². The number of aromatic nitrogens is 6. The molecule has 136 valence electrons. The van der Waals surface area contributed by atoms with Crippen molar-refractivity contribution in [1.29, 1.82) is 0 Å². The van der Waals surface area contributed by atoms with Gasteiger partial charge in [0.1, 0.15) is 11.9 Å². The SMILES string of the molecule is Cc1noc([C@@H](C)NC(=O)CCCn2nnc(-c3ccc(F)cc3)n2)n1. The van der Waals surface area contributed by atoms with E-state index in [0.717, 1.165) is 0 Å². The molecule has 2 aromatic heterocycles. The van der Waals surface area contributed by atoms with Crippen LogP contribution < -0.4 is 5.32 Å². The second kappa shape index (κ2) is 7.81. The summed E-state index contributed by atoms with van der Waals surface area (Å²) in [7, 11) is 0. The molecule has 0 spiro atoms. The first-order valence-electron chi connectivity index (χ1n) is 8.14. The van der Waals surface area contributed by atoms with Gasteiger partial charge in [-0.1, -0.05) is 5.16 Å². The Morgan fingerprint density at radius 1 is 1.35 bits per heavy atom. The first-order valence-corrected chi connectivity index (χ1v) is 8.14. The number of halogens is 1. The first kappa shape index (κ1) is 17.6. The van der Waals surface area contributed by atoms with Crippen molar-refractivity contribution in [1.82, 2.24) is 35.7 Å². The van der Waals surface area contributed by atoms with E-state index in [2.05, 4.69) is 30.9 Å². The van der Waals surface area contributed by atoms with Gasteiger partial charge in [-0.05, 0) is 49.7 Å². The largest absolute Gasteiger partial charge is 0.345 e. The molecule has 0 unspecified atom stereocenters. The summed E-state index contributed by atoms with van der Waals surface area (Å²) < 4.78 is 18.0. The molecule has 9 nitrogen and oxygen atoms in total. The van der Waals surface area contributed by atoms with E-state index < -0.39 is 0 Å². The maximum atomic E-state index is 12.9. The Kier molecular flexibility index (Phi) is 5.30. The van der Waals surface area contributed by atoms with Gasteiger partial charge < -0.3 is 9.84 Å². The topological polar surface area (TPSA) is 112 Å². The summed E-state index contributed by atoms with van der Waals surface area (Å²) in [5.41, 5.74) is 0.680. The zero-order valence-electron chi connectivity index (χ0n) is 14.4. The fraction of sp³-hybridized carbons (Fsp3) is 0.375. The number of hydrogen-bond acceptors (Lipinski definition) is 7. The number of aryl methyl sites for hydroxylation is 2. The molecule has 3 rings (SSSR count). The number of nitrogens with one attached hydrogen (secondary N) is 1. The van der Waals surface area contributed by atoms with Crippen LogP contribution in [-0.2, 0) is 11.3 Å². The van der Waals surface area contributed by atoms with Crippen molar-refractivity contribution in [2.45, 2.75) is 39.3 Å². The van der Waals surface area contributed by atoms with Gasteiger partial charge in [0.05, 0.1) is 6.54 Å². The van der Waals surface area contributed by atoms with Gasteiger partial charge >= 0.3 is 0 Å². The van der Waals surface area contributed by atoms with E-state index in [4.69, 9.17) is 4.52 Å². The molecule has 0 radical (unpaired) electrons. The number of hydrogen-bond donors (Lipinski definition) is 1. The van der Waals surface area contributed by atoms with Gasteiger partial charge in [0.2, 0.25) is 17.6 Å². The summed E-state index contributed by atoms with van der Waals surface area (Å²) >= 11 is 0. The molecule has 26 heavy (non-hydrogen) atoms. The van der Waals surface area contributed by atoms with Crippen LogP contribution >= 0.6 is 0 Å². The smallest absolute Gasteiger partial charge is 0.248 e. The Hall–Kier alpha value is -3.17. The molecule has 1 aromatic carbocycles. The molecule has 0 aliphatic carbocycles. The molecule has 0 aliphatic rings. The van der Waals surface area contributed by atoms with Crippen molar-refractivity contribution in [2.75, 3.05) is 0 Å². The molecule has 0 fully saturated rings. The number of nitrogens with zero attached hydrogens (tertiary/aromatic N) is 6. The van der Waals surface area contributed by atoms with E-state index in [0.29, 0.717) is 42.5 Å². The van der Waals surface area contributed by atoms with Crippen LogP contribution in [0.15, 0.2) is 28.8 Å². The predicted octanol–water partition coefficient (Wildman–Crippen LogP) is 1.83. The molecule has 1 N–H and O–H groups in total. The second-order valence-corrected chi connectivity index (χ2v) is 5.79. The third kappa shape index (κ3) is 4.47. The molecule has 10 heteroatoms. The van der Waals surface area contributed by atoms with Crippen LogP contribution in [0.2, 0.25) is 0 Å². The minimum absolute atomic E-state index is 0.132. The quantitative estimate of drug-likeness (QED) is 0.685. The van der Waals surface area contributed by atoms with Crippen molar-refractivity contribution >= 4 is 5.91 Å². The van der Waals surface area contributed by atoms with Crippen LogP contribution in [0.4, 0.5) is 4.39 Å². The summed E-state index contributed by atoms with van der Waals surface area (Å²) in [5.74, 6) is 0.854. The van der Waals surface area contributed by atoms with Crippen LogP contribution in [0, 0.1) is 12.7 Å². The van der Waals surface area contributed by atoms with E-state index in [1.54, 1.807) is 26.0 Å². The van der Waals surface area contributed by atoms with E-state index in [-0.39, 0.29) is 17.8 Å². The maximum Gasteiger partial charge on any atom is 0.248 e. The van der Waals surface area contributed by atoms with Gasteiger partial charge in [0.25, 0.3) is 0 Å². The van der Waals surface area contributed by atoms with Crippen LogP contribution in [0.1, 0.15) is 37.5 Å². The lowest BCUT2D eigenvalue weighted by molar-refractivity contribution is -0.122. The highest BCUT2D eigenvalue weighted by atomic mass is 19.1. The highest BCUT2D eigenvalue weighted by molar-refractivity contribution is 5.76. The highest BCUT2D eigenvalue weighted by Gasteiger charge is 2.15. The predicted molar refractivity (Wildman–Crippen MR) is 88.0 cm³/mol. The Morgan fingerprint density at radius 3 is 2.81 bits per heavy atom. The lowest BCUT2D eigenvalue weighted by Gasteiger charge is -2.09. The zero-order valence-corrected chi connectivity index (χ0v) is 14.4. The van der Waals surface area contributed by atoms with E-state index in [9.17, 15) is 9.18 Å². The second-order valence-electron chi connectivity index (χ2n) is 5.79. The lowest BCUT2D eigenvalue weighted by atomic mass is 10.2. The van der Waals surface area contributed by atoms with Gasteiger partial charge in [0, 0.05) is 12.0 Å². The molecular formula is C16H18FN7O2. The van der Waals surface area contributed by atoms with E-state index in [1.165, 1.54) is 16.9 Å². The lowest BCUT2D eigenvalue weighted by Crippen LogP contribution is -2.27. The molecule has 0 aliphatic heterocycles. The summed E-state index contributed by atoms with van der Waals surface area (Å²) in [6.45, 7) is 3.93. The number of rotatable bonds is 7. The number of carbonyl (C=O) groups excluding carboxylic acids is 1. The molecule has 0 saturated heterocycles. The van der Waals surface area contributed by atoms with Crippen LogP contribution in [0.25, 0.3) is 11.4 Å². The Labute approximate surface area is 148 Å². The van der Waals surface area contributed by atoms with Gasteiger partial charge in [0.15, 0.2) is 5.82 Å². The summed E-state index contributed by atoms with van der Waals surface area (Å²) in [6, 6.07) is 5.51. The molecular weight excluding hydrogens is 341 g/mol. The molecule has 1 atom stereocenters. The van der Waals surface area contributed by atoms with Crippen LogP contribution in [0.5, 0.6) is 0 Å². The summed E-state index contributed by atoms with van der Waals surface area (Å²) in [6.07, 6.45) is 0.839. The first-order chi connectivity index (χ1) is 12.5. The fourth-order valence-corrected chi connectivity index (χ4v) is 2.30. The van der Waals surface area contributed by atoms with Crippen LogP contribution in [0.3, 0.4) is 0 Å². The van der Waals surface area contributed by atoms with Crippen LogP contribution in [-0.4, -0.2) is 36.3 Å². The van der Waals surface area contributed by atoms with Crippen molar-refractivity contribution in [2.24, 2.45) is 0 Å². The van der Waals surface area contributed by atoms with E-state index in [1.807, 2.05) is 0 Å². The van der Waals surface area contributed by atoms with Gasteiger partial charge in [-0.3, -0.25) is 4.79 Å². The third-order valence-electron chi connectivity index (χ3n) is 3.61. The minimum Gasteiger partial charge on any atom is -0.345 e. The van der Waals surface area contributed by atoms with Crippen molar-refractivity contribution in [3.63, 3.8) is 0 Å². The average molecular weight is 359 g/mol. The molecule has 2 heterocycles. The molecule has 0 saturated carbocycles. The highest BCUT2D eigenvalue weighted by Crippen LogP contribution is 2.14. The monoisotopic (exact) mass is 359 g/mol. The standard InChI is InChI=1S/C16H18FN7O2/c1-10(16-19-11(2)22-26-16)18-14(25)4-3-9-24-21-15(20-23-24)12-5-7-13(17)8-6-12/h5-8,10H,3-4,9H2,1-2H3,(H,18,25)/t10-/m1/s1. The summed E-state index contributed by atoms with van der Waals surface area (Å²) in [5, 5.41) is 18.6. The third-order valence-corrected chi connectivity index (χ3v) is 3.61. The van der Waals surface area contributed by atoms with Crippen molar-refractivity contribution in [3.8, 4) is 11.4 Å². The molecule has 1 amide bonds. The number of carbonyl (C=O) groups is 1. The Morgan fingerprint density at radius 2 is 2.12 bits per heavy atom. The van der Waals surface area contributed by atoms with Gasteiger partial charge in [-0.15, -0.1) is 10.2 Å². The molecule has 3 aromatic rings. The van der Waals surface area contributed by atoms with Crippen molar-refractivity contribution < 1.29 is 13.7 Å². The summed E-state index contributed by atoms with van der Waals surface area (Å²) in [4.78, 5) is 17.5. The maximum absolute atomic E-state index is 12.9.